The standard InChI is InChI=1S/C13H18N2O4S.ClH/c16-13(17)15-8-7-14-11(10-15)6-9-20(18,19)12-4-2-1-3-5-12;/h1-5,11,14H,6-10H2,(H,16,17);1H/t11-;/m1./s1. The highest BCUT2D eigenvalue weighted by Gasteiger charge is 2.24. The quantitative estimate of drug-likeness (QED) is 0.864. The molecule has 0 radical (unpaired) electrons. The number of sulfone groups is 1. The minimum absolute atomic E-state index is 0. The molecule has 1 amide bonds. The van der Waals surface area contributed by atoms with Gasteiger partial charge in [-0.05, 0) is 18.6 Å². The van der Waals surface area contributed by atoms with Crippen LogP contribution in [0, 0.1) is 0 Å². The van der Waals surface area contributed by atoms with Gasteiger partial charge >= 0.3 is 6.09 Å². The van der Waals surface area contributed by atoms with Crippen molar-refractivity contribution < 1.29 is 18.3 Å². The molecule has 0 unspecified atom stereocenters. The van der Waals surface area contributed by atoms with Crippen LogP contribution < -0.4 is 5.32 Å². The first-order chi connectivity index (χ1) is 9.49. The van der Waals surface area contributed by atoms with E-state index in [4.69, 9.17) is 5.11 Å². The highest BCUT2D eigenvalue weighted by Crippen LogP contribution is 2.13. The Morgan fingerprint density at radius 1 is 1.33 bits per heavy atom. The molecule has 118 valence electrons. The average Bonchev–Trinajstić information content (AvgIpc) is 2.46. The predicted molar refractivity (Wildman–Crippen MR) is 81.7 cm³/mol. The molecule has 1 atom stereocenters. The van der Waals surface area contributed by atoms with E-state index in [0.29, 0.717) is 31.0 Å². The van der Waals surface area contributed by atoms with Gasteiger partial charge in [0.05, 0.1) is 10.6 Å². The third-order valence-corrected chi connectivity index (χ3v) is 5.13. The number of carbonyl (C=O) groups is 1. The van der Waals surface area contributed by atoms with Crippen molar-refractivity contribution in [1.82, 2.24) is 10.2 Å². The molecular weight excluding hydrogens is 316 g/mol. The largest absolute Gasteiger partial charge is 0.465 e. The summed E-state index contributed by atoms with van der Waals surface area (Å²) >= 11 is 0. The number of amides is 1. The summed E-state index contributed by atoms with van der Waals surface area (Å²) < 4.78 is 24.3. The van der Waals surface area contributed by atoms with E-state index >= 15 is 0 Å². The van der Waals surface area contributed by atoms with E-state index in [2.05, 4.69) is 5.32 Å². The van der Waals surface area contributed by atoms with Crippen LogP contribution in [0.25, 0.3) is 0 Å². The number of nitrogens with one attached hydrogen (secondary N) is 1. The fourth-order valence-electron chi connectivity index (χ4n) is 2.24. The monoisotopic (exact) mass is 334 g/mol. The van der Waals surface area contributed by atoms with E-state index in [9.17, 15) is 13.2 Å². The van der Waals surface area contributed by atoms with Crippen LogP contribution in [0.3, 0.4) is 0 Å². The average molecular weight is 335 g/mol. The lowest BCUT2D eigenvalue weighted by molar-refractivity contribution is 0.128. The Labute approximate surface area is 130 Å². The summed E-state index contributed by atoms with van der Waals surface area (Å²) in [5.41, 5.74) is 0. The third-order valence-electron chi connectivity index (χ3n) is 3.36. The summed E-state index contributed by atoms with van der Waals surface area (Å²) in [5.74, 6) is 0.0160. The highest BCUT2D eigenvalue weighted by molar-refractivity contribution is 7.91. The number of nitrogens with zero attached hydrogens (tertiary/aromatic N) is 1. The molecule has 1 aromatic rings. The number of rotatable bonds is 4. The van der Waals surface area contributed by atoms with E-state index in [-0.39, 0.29) is 24.2 Å². The molecule has 2 N–H and O–H groups in total. The molecule has 1 heterocycles. The zero-order valence-corrected chi connectivity index (χ0v) is 13.1. The van der Waals surface area contributed by atoms with Gasteiger partial charge in [0.2, 0.25) is 0 Å². The summed E-state index contributed by atoms with van der Waals surface area (Å²) in [7, 11) is -3.30. The van der Waals surface area contributed by atoms with Crippen molar-refractivity contribution >= 4 is 28.3 Å². The van der Waals surface area contributed by atoms with Crippen molar-refractivity contribution in [1.29, 1.82) is 0 Å². The number of hydrogen-bond acceptors (Lipinski definition) is 4. The number of carboxylic acid groups (broad SMARTS) is 1. The first-order valence-corrected chi connectivity index (χ1v) is 8.13. The van der Waals surface area contributed by atoms with E-state index in [0.717, 1.165) is 0 Å². The van der Waals surface area contributed by atoms with Crippen molar-refractivity contribution in [3.8, 4) is 0 Å². The Bertz CT molecular complexity index is 565. The molecule has 0 spiro atoms. The fourth-order valence-corrected chi connectivity index (χ4v) is 3.64. The van der Waals surface area contributed by atoms with E-state index < -0.39 is 15.9 Å². The molecule has 0 aromatic heterocycles. The van der Waals surface area contributed by atoms with Gasteiger partial charge in [0.1, 0.15) is 0 Å². The normalized spacial score (nSPS) is 18.9. The highest BCUT2D eigenvalue weighted by atomic mass is 35.5. The lowest BCUT2D eigenvalue weighted by Crippen LogP contribution is -2.52. The zero-order valence-electron chi connectivity index (χ0n) is 11.4. The van der Waals surface area contributed by atoms with Crippen molar-refractivity contribution in [2.24, 2.45) is 0 Å². The molecule has 21 heavy (non-hydrogen) atoms. The van der Waals surface area contributed by atoms with Crippen molar-refractivity contribution in [3.05, 3.63) is 30.3 Å². The SMILES string of the molecule is Cl.O=C(O)N1CCN[C@H](CCS(=O)(=O)c2ccccc2)C1. The van der Waals surface area contributed by atoms with Gasteiger partial charge < -0.3 is 15.3 Å². The van der Waals surface area contributed by atoms with E-state index in [1.165, 1.54) is 4.90 Å². The lowest BCUT2D eigenvalue weighted by Gasteiger charge is -2.31. The van der Waals surface area contributed by atoms with Crippen LogP contribution in [0.2, 0.25) is 0 Å². The topological polar surface area (TPSA) is 86.7 Å². The molecule has 6 nitrogen and oxygen atoms in total. The molecule has 1 aromatic carbocycles. The second kappa shape index (κ2) is 7.63. The minimum atomic E-state index is -3.30. The minimum Gasteiger partial charge on any atom is -0.465 e. The maximum absolute atomic E-state index is 12.1. The van der Waals surface area contributed by atoms with Gasteiger partial charge in [0.25, 0.3) is 0 Å². The number of hydrogen-bond donors (Lipinski definition) is 2. The van der Waals surface area contributed by atoms with Crippen LogP contribution in [0.15, 0.2) is 35.2 Å². The molecule has 2 rings (SSSR count). The second-order valence-corrected chi connectivity index (χ2v) is 6.91. The molecule has 0 bridgehead atoms. The van der Waals surface area contributed by atoms with Crippen LogP contribution in [0.5, 0.6) is 0 Å². The summed E-state index contributed by atoms with van der Waals surface area (Å²) in [6.45, 7) is 1.33. The summed E-state index contributed by atoms with van der Waals surface area (Å²) in [6, 6.07) is 8.20. The molecule has 1 aliphatic heterocycles. The Balaban J connectivity index is 0.00000220. The van der Waals surface area contributed by atoms with Crippen LogP contribution in [-0.4, -0.2) is 55.9 Å². The number of piperazine rings is 1. The Morgan fingerprint density at radius 2 is 2.00 bits per heavy atom. The number of benzene rings is 1. The summed E-state index contributed by atoms with van der Waals surface area (Å²) in [5, 5.41) is 12.1. The Hall–Kier alpha value is -1.31. The molecule has 0 aliphatic carbocycles. The van der Waals surface area contributed by atoms with E-state index in [1.54, 1.807) is 30.3 Å². The number of halogens is 1. The Morgan fingerprint density at radius 3 is 2.62 bits per heavy atom. The lowest BCUT2D eigenvalue weighted by atomic mass is 10.2. The van der Waals surface area contributed by atoms with Gasteiger partial charge in [-0.3, -0.25) is 0 Å². The van der Waals surface area contributed by atoms with Crippen molar-refractivity contribution in [3.63, 3.8) is 0 Å². The zero-order chi connectivity index (χ0) is 14.6. The predicted octanol–water partition coefficient (Wildman–Crippen LogP) is 1.22. The van der Waals surface area contributed by atoms with Crippen molar-refractivity contribution in [2.45, 2.75) is 17.4 Å². The molecule has 1 fully saturated rings. The maximum atomic E-state index is 12.1. The first-order valence-electron chi connectivity index (χ1n) is 6.48. The maximum Gasteiger partial charge on any atom is 0.407 e. The summed E-state index contributed by atoms with van der Waals surface area (Å²) in [6.07, 6.45) is -0.552. The molecule has 8 heteroatoms. The van der Waals surface area contributed by atoms with Crippen LogP contribution >= 0.6 is 12.4 Å². The first kappa shape index (κ1) is 17.7. The van der Waals surface area contributed by atoms with Gasteiger partial charge in [0.15, 0.2) is 9.84 Å². The Kier molecular flexibility index (Phi) is 6.44. The van der Waals surface area contributed by atoms with Gasteiger partial charge in [-0.1, -0.05) is 18.2 Å². The van der Waals surface area contributed by atoms with Crippen LogP contribution in [-0.2, 0) is 9.84 Å². The molecule has 0 saturated carbocycles. The van der Waals surface area contributed by atoms with E-state index in [1.807, 2.05) is 0 Å². The summed E-state index contributed by atoms with van der Waals surface area (Å²) in [4.78, 5) is 12.5. The molecule has 1 aliphatic rings. The van der Waals surface area contributed by atoms with Crippen molar-refractivity contribution in [2.75, 3.05) is 25.4 Å². The smallest absolute Gasteiger partial charge is 0.407 e. The van der Waals surface area contributed by atoms with Crippen LogP contribution in [0.1, 0.15) is 6.42 Å². The van der Waals surface area contributed by atoms with Gasteiger partial charge in [-0.2, -0.15) is 0 Å². The second-order valence-electron chi connectivity index (χ2n) is 4.80. The van der Waals surface area contributed by atoms with Gasteiger partial charge in [-0.15, -0.1) is 12.4 Å². The third kappa shape index (κ3) is 4.87. The fraction of sp³-hybridized carbons (Fsp3) is 0.462. The van der Waals surface area contributed by atoms with Gasteiger partial charge in [0, 0.05) is 25.7 Å². The van der Waals surface area contributed by atoms with Crippen LogP contribution in [0.4, 0.5) is 4.79 Å². The van der Waals surface area contributed by atoms with Gasteiger partial charge in [-0.25, -0.2) is 13.2 Å². The molecule has 1 saturated heterocycles. The molecular formula is C13H19ClN2O4S.